The van der Waals surface area contributed by atoms with Gasteiger partial charge in [-0.2, -0.15) is 5.10 Å². The van der Waals surface area contributed by atoms with Crippen LogP contribution in [0.2, 0.25) is 5.02 Å². The number of nitrogens with zero attached hydrogens (tertiary/aromatic N) is 3. The van der Waals surface area contributed by atoms with E-state index >= 15 is 0 Å². The van der Waals surface area contributed by atoms with Crippen LogP contribution in [0, 0.1) is 0 Å². The first-order valence-electron chi connectivity index (χ1n) is 13.0. The number of benzene rings is 2. The number of Topliss-reactive ketones (excluding diaryl/α,β-unsaturated/α-hetero) is 1. The summed E-state index contributed by atoms with van der Waals surface area (Å²) in [5, 5.41) is 19.7. The van der Waals surface area contributed by atoms with Gasteiger partial charge in [-0.15, -0.1) is 0 Å². The molecular weight excluding hydrogens is 492 g/mol. The Morgan fingerprint density at radius 1 is 1.16 bits per heavy atom. The highest BCUT2D eigenvalue weighted by atomic mass is 35.5. The van der Waals surface area contributed by atoms with E-state index in [9.17, 15) is 14.7 Å². The Kier molecular flexibility index (Phi) is 7.51. The van der Waals surface area contributed by atoms with Crippen LogP contribution in [0.15, 0.2) is 42.6 Å². The summed E-state index contributed by atoms with van der Waals surface area (Å²) in [7, 11) is 0. The minimum absolute atomic E-state index is 0.179. The number of carbonyl (C=O) groups is 2. The van der Waals surface area contributed by atoms with Crippen molar-refractivity contribution in [3.63, 3.8) is 0 Å². The van der Waals surface area contributed by atoms with Crippen molar-refractivity contribution in [2.45, 2.75) is 63.8 Å². The molecule has 1 aliphatic heterocycles. The molecule has 2 heterocycles. The van der Waals surface area contributed by atoms with E-state index in [0.717, 1.165) is 49.7 Å². The van der Waals surface area contributed by atoms with Gasteiger partial charge in [-0.05, 0) is 88.5 Å². The van der Waals surface area contributed by atoms with E-state index in [0.29, 0.717) is 22.9 Å². The maximum Gasteiger partial charge on any atom is 0.292 e. The van der Waals surface area contributed by atoms with Crippen LogP contribution in [-0.4, -0.2) is 63.3 Å². The van der Waals surface area contributed by atoms with Gasteiger partial charge in [0.25, 0.3) is 5.91 Å². The molecule has 2 fully saturated rings. The van der Waals surface area contributed by atoms with Gasteiger partial charge in [0.2, 0.25) is 5.78 Å². The molecule has 8 nitrogen and oxygen atoms in total. The van der Waals surface area contributed by atoms with Crippen LogP contribution in [0.25, 0.3) is 10.9 Å². The fraction of sp³-hybridized carbons (Fsp3) is 0.464. The third-order valence-electron chi connectivity index (χ3n) is 7.02. The number of fused-ring (bicyclic) bond motifs is 1. The van der Waals surface area contributed by atoms with Gasteiger partial charge in [-0.1, -0.05) is 17.7 Å². The summed E-state index contributed by atoms with van der Waals surface area (Å²) in [6, 6.07) is 9.83. The number of aliphatic hydroxyl groups is 1. The molecule has 1 aliphatic carbocycles. The molecule has 1 saturated carbocycles. The molecule has 2 atom stereocenters. The van der Waals surface area contributed by atoms with Crippen LogP contribution in [0.1, 0.15) is 67.6 Å². The largest absolute Gasteiger partial charge is 0.489 e. The number of carbonyl (C=O) groups excluding carboxylic acids is 2. The number of ether oxygens (including phenoxy) is 1. The molecule has 5 rings (SSSR count). The number of ketones is 1. The molecule has 37 heavy (non-hydrogen) atoms. The standard InChI is InChI=1S/C28H33ClN4O4/c1-17(2)33-24-9-5-18(13-20(24)15-30-33)27(35)28(36)31-23(16-32-11-3-4-12-32)26(34)19-6-10-25(22(29)14-19)37-21-7-8-21/h5-6,9-10,13-15,17,21,23,26,34H,3-4,7-8,11-12,16H2,1-2H3,(H,31,36)/t23-,26-/m1/s1. The van der Waals surface area contributed by atoms with E-state index in [2.05, 4.69) is 15.3 Å². The summed E-state index contributed by atoms with van der Waals surface area (Å²) in [6.07, 6.45) is 5.04. The number of aliphatic hydroxyl groups excluding tert-OH is 1. The minimum Gasteiger partial charge on any atom is -0.489 e. The molecule has 0 spiro atoms. The summed E-state index contributed by atoms with van der Waals surface area (Å²) in [5.74, 6) is -0.811. The molecule has 3 aromatic rings. The number of amides is 1. The average molecular weight is 525 g/mol. The second-order valence-electron chi connectivity index (χ2n) is 10.3. The molecule has 196 valence electrons. The summed E-state index contributed by atoms with van der Waals surface area (Å²) in [6.45, 7) is 6.27. The lowest BCUT2D eigenvalue weighted by Crippen LogP contribution is -2.48. The molecule has 2 aliphatic rings. The zero-order chi connectivity index (χ0) is 26.1. The van der Waals surface area contributed by atoms with Gasteiger partial charge >= 0.3 is 0 Å². The van der Waals surface area contributed by atoms with Crippen LogP contribution in [0.5, 0.6) is 5.75 Å². The number of hydrogen-bond donors (Lipinski definition) is 2. The highest BCUT2D eigenvalue weighted by Crippen LogP contribution is 2.34. The third kappa shape index (κ3) is 5.81. The van der Waals surface area contributed by atoms with Crippen molar-refractivity contribution in [1.82, 2.24) is 20.0 Å². The minimum atomic E-state index is -1.04. The van der Waals surface area contributed by atoms with E-state index in [1.807, 2.05) is 24.6 Å². The Morgan fingerprint density at radius 3 is 2.59 bits per heavy atom. The normalized spacial score (nSPS) is 17.8. The number of likely N-dealkylation sites (tertiary alicyclic amines) is 1. The van der Waals surface area contributed by atoms with Crippen molar-refractivity contribution in [3.8, 4) is 5.75 Å². The Balaban J connectivity index is 1.33. The molecule has 0 bridgehead atoms. The van der Waals surface area contributed by atoms with Crippen LogP contribution in [-0.2, 0) is 4.79 Å². The fourth-order valence-corrected chi connectivity index (χ4v) is 5.07. The van der Waals surface area contributed by atoms with E-state index in [-0.39, 0.29) is 17.7 Å². The molecule has 1 aromatic heterocycles. The first-order chi connectivity index (χ1) is 17.8. The van der Waals surface area contributed by atoms with Crippen LogP contribution < -0.4 is 10.1 Å². The van der Waals surface area contributed by atoms with E-state index < -0.39 is 23.8 Å². The second-order valence-corrected chi connectivity index (χ2v) is 10.7. The lowest BCUT2D eigenvalue weighted by atomic mass is 10.0. The molecule has 9 heteroatoms. The Hall–Kier alpha value is -2.94. The maximum atomic E-state index is 13.1. The lowest BCUT2D eigenvalue weighted by Gasteiger charge is -2.28. The number of nitrogens with one attached hydrogen (secondary N) is 1. The van der Waals surface area contributed by atoms with Gasteiger partial charge in [-0.3, -0.25) is 14.3 Å². The van der Waals surface area contributed by atoms with Gasteiger partial charge in [0.05, 0.1) is 28.9 Å². The Morgan fingerprint density at radius 2 is 1.92 bits per heavy atom. The summed E-state index contributed by atoms with van der Waals surface area (Å²) in [4.78, 5) is 28.4. The molecule has 1 saturated heterocycles. The second kappa shape index (κ2) is 10.8. The quantitative estimate of drug-likeness (QED) is 0.303. The van der Waals surface area contributed by atoms with Gasteiger partial charge in [0.1, 0.15) is 11.9 Å². The van der Waals surface area contributed by atoms with Gasteiger partial charge in [-0.25, -0.2) is 0 Å². The summed E-state index contributed by atoms with van der Waals surface area (Å²) >= 11 is 6.43. The molecule has 0 radical (unpaired) electrons. The van der Waals surface area contributed by atoms with E-state index in [1.165, 1.54) is 0 Å². The average Bonchev–Trinajstić information content (AvgIpc) is 3.36. The van der Waals surface area contributed by atoms with Crippen LogP contribution >= 0.6 is 11.6 Å². The maximum absolute atomic E-state index is 13.1. The van der Waals surface area contributed by atoms with Crippen molar-refractivity contribution >= 4 is 34.2 Å². The van der Waals surface area contributed by atoms with E-state index in [4.69, 9.17) is 16.3 Å². The van der Waals surface area contributed by atoms with Crippen molar-refractivity contribution in [1.29, 1.82) is 0 Å². The van der Waals surface area contributed by atoms with Gasteiger partial charge in [0.15, 0.2) is 0 Å². The molecule has 2 N–H and O–H groups in total. The predicted octanol–water partition coefficient (Wildman–Crippen LogP) is 4.31. The molecule has 2 aromatic carbocycles. The summed E-state index contributed by atoms with van der Waals surface area (Å²) < 4.78 is 7.68. The highest BCUT2D eigenvalue weighted by molar-refractivity contribution is 6.43. The van der Waals surface area contributed by atoms with Gasteiger partial charge in [0, 0.05) is 23.5 Å². The SMILES string of the molecule is CC(C)n1ncc2cc(C(=O)C(=O)N[C@H](CN3CCCC3)[C@H](O)c3ccc(OC4CC4)c(Cl)c3)ccc21. The van der Waals surface area contributed by atoms with Crippen LogP contribution in [0.4, 0.5) is 0 Å². The lowest BCUT2D eigenvalue weighted by molar-refractivity contribution is -0.118. The van der Waals surface area contributed by atoms with Crippen LogP contribution in [0.3, 0.4) is 0 Å². The summed E-state index contributed by atoms with van der Waals surface area (Å²) in [5.41, 5.74) is 1.75. The fourth-order valence-electron chi connectivity index (χ4n) is 4.83. The highest BCUT2D eigenvalue weighted by Gasteiger charge is 2.30. The Bertz CT molecular complexity index is 1300. The molecular formula is C28H33ClN4O4. The first-order valence-corrected chi connectivity index (χ1v) is 13.4. The smallest absolute Gasteiger partial charge is 0.292 e. The number of aromatic nitrogens is 2. The monoisotopic (exact) mass is 524 g/mol. The number of halogens is 1. The zero-order valence-corrected chi connectivity index (χ0v) is 21.9. The van der Waals surface area contributed by atoms with Crippen molar-refractivity contribution in [3.05, 3.63) is 58.7 Å². The van der Waals surface area contributed by atoms with E-state index in [1.54, 1.807) is 36.5 Å². The van der Waals surface area contributed by atoms with Gasteiger partial charge < -0.3 is 20.1 Å². The topological polar surface area (TPSA) is 96.7 Å². The Labute approximate surface area is 221 Å². The molecule has 1 amide bonds. The van der Waals surface area contributed by atoms with Crippen molar-refractivity contribution < 1.29 is 19.4 Å². The van der Waals surface area contributed by atoms with Crippen molar-refractivity contribution in [2.24, 2.45) is 0 Å². The molecule has 0 unspecified atom stereocenters. The number of rotatable bonds is 10. The number of hydrogen-bond acceptors (Lipinski definition) is 6. The zero-order valence-electron chi connectivity index (χ0n) is 21.2. The third-order valence-corrected chi connectivity index (χ3v) is 7.32. The predicted molar refractivity (Wildman–Crippen MR) is 142 cm³/mol. The van der Waals surface area contributed by atoms with Crippen molar-refractivity contribution in [2.75, 3.05) is 19.6 Å². The first kappa shape index (κ1) is 25.7.